The average molecular weight is 711 g/mol. The molecule has 0 saturated carbocycles. The Labute approximate surface area is 294 Å². The molecule has 1 atom stereocenters. The molecule has 2 aromatic heterocycles. The predicted molar refractivity (Wildman–Crippen MR) is 198 cm³/mol. The van der Waals surface area contributed by atoms with E-state index in [9.17, 15) is 18.0 Å². The summed E-state index contributed by atoms with van der Waals surface area (Å²) < 4.78 is 34.2. The van der Waals surface area contributed by atoms with Gasteiger partial charge in [-0.2, -0.15) is 9.40 Å². The number of para-hydroxylation sites is 2. The monoisotopic (exact) mass is 710 g/mol. The Morgan fingerprint density at radius 2 is 1.65 bits per heavy atom. The van der Waals surface area contributed by atoms with E-state index in [1.807, 2.05) is 66.7 Å². The van der Waals surface area contributed by atoms with Crippen molar-refractivity contribution in [3.63, 3.8) is 0 Å². The Morgan fingerprint density at radius 1 is 0.959 bits per heavy atom. The average Bonchev–Trinajstić information content (AvgIpc) is 3.72. The van der Waals surface area contributed by atoms with Crippen LogP contribution in [-0.4, -0.2) is 55.2 Å². The van der Waals surface area contributed by atoms with Gasteiger partial charge in [-0.3, -0.25) is 19.2 Å². The summed E-state index contributed by atoms with van der Waals surface area (Å²) in [5, 5.41) is 4.88. The number of amides is 1. The second-order valence-electron chi connectivity index (χ2n) is 12.3. The molecule has 2 fully saturated rings. The van der Waals surface area contributed by atoms with Crippen LogP contribution in [0.2, 0.25) is 0 Å². The summed E-state index contributed by atoms with van der Waals surface area (Å²) in [6, 6.07) is 25.5. The molecule has 0 bridgehead atoms. The van der Waals surface area contributed by atoms with Crippen LogP contribution >= 0.6 is 24.0 Å². The number of hydrogen-bond acceptors (Lipinski definition) is 7. The number of sulfonamides is 1. The largest absolute Gasteiger partial charge is 0.296 e. The molecule has 2 aliphatic heterocycles. The number of carbonyl (C=O) groups excluding carboxylic acids is 1. The highest BCUT2D eigenvalue weighted by Gasteiger charge is 2.38. The van der Waals surface area contributed by atoms with E-state index in [0.717, 1.165) is 30.3 Å². The van der Waals surface area contributed by atoms with E-state index in [1.54, 1.807) is 58.1 Å². The molecule has 7 rings (SSSR count). The van der Waals surface area contributed by atoms with Crippen LogP contribution in [0.25, 0.3) is 28.7 Å². The van der Waals surface area contributed by atoms with Crippen molar-refractivity contribution >= 4 is 56.0 Å². The summed E-state index contributed by atoms with van der Waals surface area (Å²) in [5.74, 6) is -0.130. The molecule has 49 heavy (non-hydrogen) atoms. The number of carbonyl (C=O) groups is 1. The van der Waals surface area contributed by atoms with E-state index in [2.05, 4.69) is 6.92 Å². The second-order valence-corrected chi connectivity index (χ2v) is 15.9. The third-order valence-electron chi connectivity index (χ3n) is 8.96. The lowest BCUT2D eigenvalue weighted by Gasteiger charge is -2.30. The standard InChI is InChI=1S/C36H34N6O4S3/c1-24-12-11-19-39(22-24)49(45,46)30-18-10-13-26(20-30)32-27(23-40(37-32)28-14-6-4-7-15-28)21-31-34(43)41(36(47)48-31)33-25(2)38(3)42(35(33)44)29-16-8-5-9-17-29/h4-10,13-18,20-21,23-24H,11-12,19,22H2,1-3H3/b31-21-. The van der Waals surface area contributed by atoms with Gasteiger partial charge in [-0.15, -0.1) is 0 Å². The zero-order valence-corrected chi connectivity index (χ0v) is 29.6. The van der Waals surface area contributed by atoms with Crippen LogP contribution in [0.5, 0.6) is 0 Å². The lowest BCUT2D eigenvalue weighted by molar-refractivity contribution is -0.113. The number of piperidine rings is 1. The highest BCUT2D eigenvalue weighted by Crippen LogP contribution is 2.38. The zero-order chi connectivity index (χ0) is 34.4. The Bertz CT molecular complexity index is 2290. The van der Waals surface area contributed by atoms with Crippen LogP contribution in [0.15, 0.2) is 106 Å². The third-order valence-corrected chi connectivity index (χ3v) is 12.1. The maximum absolute atomic E-state index is 14.1. The maximum atomic E-state index is 14.1. The van der Waals surface area contributed by atoms with Gasteiger partial charge in [0.2, 0.25) is 10.0 Å². The summed E-state index contributed by atoms with van der Waals surface area (Å²) in [5.41, 5.74) is 3.57. The fraction of sp³-hybridized carbons (Fsp3) is 0.222. The quantitative estimate of drug-likeness (QED) is 0.147. The number of aromatic nitrogens is 4. The number of anilines is 1. The summed E-state index contributed by atoms with van der Waals surface area (Å²) in [7, 11) is -1.95. The Kier molecular flexibility index (Phi) is 8.78. The first-order valence-corrected chi connectivity index (χ1v) is 18.6. The van der Waals surface area contributed by atoms with Gasteiger partial charge in [-0.1, -0.05) is 79.4 Å². The number of thiocarbonyl (C=S) groups is 1. The van der Waals surface area contributed by atoms with Gasteiger partial charge in [0.25, 0.3) is 11.5 Å². The van der Waals surface area contributed by atoms with Gasteiger partial charge in [0.05, 0.1) is 26.9 Å². The van der Waals surface area contributed by atoms with E-state index >= 15 is 0 Å². The lowest BCUT2D eigenvalue weighted by atomic mass is 10.0. The molecule has 0 radical (unpaired) electrons. The van der Waals surface area contributed by atoms with Crippen molar-refractivity contribution in [3.05, 3.63) is 118 Å². The van der Waals surface area contributed by atoms with Crippen LogP contribution in [0.4, 0.5) is 5.69 Å². The van der Waals surface area contributed by atoms with Gasteiger partial charge in [0, 0.05) is 37.5 Å². The molecule has 2 aliphatic rings. The minimum atomic E-state index is -3.72. The Morgan fingerprint density at radius 3 is 2.35 bits per heavy atom. The van der Waals surface area contributed by atoms with Crippen LogP contribution < -0.4 is 10.5 Å². The topological polar surface area (TPSA) is 102 Å². The second kappa shape index (κ2) is 13.0. The molecule has 10 nitrogen and oxygen atoms in total. The number of hydrogen-bond donors (Lipinski definition) is 0. The number of thioether (sulfide) groups is 1. The van der Waals surface area contributed by atoms with E-state index < -0.39 is 15.9 Å². The van der Waals surface area contributed by atoms with Crippen LogP contribution in [0.3, 0.4) is 0 Å². The first-order valence-electron chi connectivity index (χ1n) is 15.9. The Balaban J connectivity index is 1.30. The summed E-state index contributed by atoms with van der Waals surface area (Å²) in [6.45, 7) is 4.83. The fourth-order valence-electron chi connectivity index (χ4n) is 6.36. The van der Waals surface area contributed by atoms with Gasteiger partial charge in [0.15, 0.2) is 4.32 Å². The molecule has 4 heterocycles. The Hall–Kier alpha value is -4.56. The van der Waals surface area contributed by atoms with Crippen LogP contribution in [0.1, 0.15) is 31.0 Å². The summed E-state index contributed by atoms with van der Waals surface area (Å²) >= 11 is 6.80. The van der Waals surface area contributed by atoms with Crippen molar-refractivity contribution in [1.82, 2.24) is 23.4 Å². The van der Waals surface area contributed by atoms with Crippen molar-refractivity contribution in [1.29, 1.82) is 0 Å². The minimum Gasteiger partial charge on any atom is -0.283 e. The van der Waals surface area contributed by atoms with E-state index in [-0.39, 0.29) is 20.5 Å². The molecule has 0 aliphatic carbocycles. The van der Waals surface area contributed by atoms with E-state index in [1.165, 1.54) is 9.58 Å². The molecule has 13 heteroatoms. The van der Waals surface area contributed by atoms with Crippen LogP contribution in [-0.2, 0) is 21.9 Å². The van der Waals surface area contributed by atoms with Crippen molar-refractivity contribution in [2.24, 2.45) is 13.0 Å². The molecule has 3 aromatic carbocycles. The smallest absolute Gasteiger partial charge is 0.283 e. The molecular formula is C36H34N6O4S3. The molecule has 1 amide bonds. The van der Waals surface area contributed by atoms with Gasteiger partial charge in [0.1, 0.15) is 11.4 Å². The highest BCUT2D eigenvalue weighted by molar-refractivity contribution is 8.27. The van der Waals surface area contributed by atoms with Crippen molar-refractivity contribution < 1.29 is 13.2 Å². The number of benzene rings is 3. The molecule has 0 N–H and O–H groups in total. The normalized spacial score (nSPS) is 18.1. The van der Waals surface area contributed by atoms with Crippen LogP contribution in [0, 0.1) is 12.8 Å². The molecule has 1 unspecified atom stereocenters. The number of rotatable bonds is 7. The first kappa shape index (κ1) is 33.0. The lowest BCUT2D eigenvalue weighted by Crippen LogP contribution is -2.39. The summed E-state index contributed by atoms with van der Waals surface area (Å²) in [4.78, 5) is 29.7. The highest BCUT2D eigenvalue weighted by atomic mass is 32.2. The SMILES string of the molecule is Cc1c(N2C(=O)/C(=C/c3cn(-c4ccccc4)nc3-c3cccc(S(=O)(=O)N4CCCC(C)C4)c3)SC2=S)c(=O)n(-c2ccccc2)n1C. The molecule has 2 saturated heterocycles. The fourth-order valence-corrected chi connectivity index (χ4v) is 9.27. The van der Waals surface area contributed by atoms with Gasteiger partial charge in [-0.25, -0.2) is 17.8 Å². The molecular weight excluding hydrogens is 677 g/mol. The van der Waals surface area contributed by atoms with Crippen molar-refractivity contribution in [2.75, 3.05) is 18.0 Å². The number of nitrogens with zero attached hydrogens (tertiary/aromatic N) is 6. The van der Waals surface area contributed by atoms with Crippen molar-refractivity contribution in [3.8, 4) is 22.6 Å². The molecule has 5 aromatic rings. The molecule has 250 valence electrons. The van der Waals surface area contributed by atoms with Gasteiger partial charge >= 0.3 is 0 Å². The van der Waals surface area contributed by atoms with Crippen molar-refractivity contribution in [2.45, 2.75) is 31.6 Å². The maximum Gasteiger partial charge on any atom is 0.296 e. The molecule has 0 spiro atoms. The third kappa shape index (κ3) is 6.01. The predicted octanol–water partition coefficient (Wildman–Crippen LogP) is 6.16. The first-order chi connectivity index (χ1) is 23.5. The summed E-state index contributed by atoms with van der Waals surface area (Å²) in [6.07, 6.45) is 5.35. The zero-order valence-electron chi connectivity index (χ0n) is 27.2. The van der Waals surface area contributed by atoms with E-state index in [4.69, 9.17) is 17.3 Å². The van der Waals surface area contributed by atoms with Gasteiger partial charge in [-0.05, 0) is 68.2 Å². The van der Waals surface area contributed by atoms with Gasteiger partial charge < -0.3 is 0 Å². The van der Waals surface area contributed by atoms with E-state index in [0.29, 0.717) is 52.1 Å². The minimum absolute atomic E-state index is 0.194.